The van der Waals surface area contributed by atoms with E-state index in [-0.39, 0.29) is 23.8 Å². The molecule has 4 heterocycles. The van der Waals surface area contributed by atoms with Gasteiger partial charge in [-0.1, -0.05) is 0 Å². The summed E-state index contributed by atoms with van der Waals surface area (Å²) in [4.78, 5) is 52.0. The molecule has 0 spiro atoms. The Morgan fingerprint density at radius 2 is 1.38 bits per heavy atom. The number of anilines is 3. The van der Waals surface area contributed by atoms with E-state index in [0.717, 1.165) is 26.1 Å². The first-order chi connectivity index (χ1) is 19.2. The van der Waals surface area contributed by atoms with Gasteiger partial charge in [-0.2, -0.15) is 0 Å². The van der Waals surface area contributed by atoms with Crippen molar-refractivity contribution < 1.29 is 19.2 Å². The van der Waals surface area contributed by atoms with Crippen LogP contribution in [0.25, 0.3) is 0 Å². The molecule has 0 unspecified atom stereocenters. The first kappa shape index (κ1) is 28.7. The van der Waals surface area contributed by atoms with Crippen molar-refractivity contribution in [1.29, 1.82) is 0 Å². The first-order valence-electron chi connectivity index (χ1n) is 13.5. The summed E-state index contributed by atoms with van der Waals surface area (Å²) >= 11 is 0. The number of hydrogen-bond donors (Lipinski definition) is 4. The highest BCUT2D eigenvalue weighted by Gasteiger charge is 2.20. The van der Waals surface area contributed by atoms with Gasteiger partial charge < -0.3 is 39.9 Å². The third kappa shape index (κ3) is 6.81. The molecule has 1 aliphatic rings. The fourth-order valence-electron chi connectivity index (χ4n) is 4.94. The van der Waals surface area contributed by atoms with Crippen molar-refractivity contribution in [3.63, 3.8) is 0 Å². The number of hydrogen-bond acceptors (Lipinski definition) is 5. The molecule has 4 N–H and O–H groups in total. The molecular formula is C28H38N8O4. The number of likely N-dealkylation sites (tertiary alicyclic amines) is 1. The summed E-state index contributed by atoms with van der Waals surface area (Å²) < 4.78 is 5.06. The minimum absolute atomic E-state index is 0.0532. The minimum atomic E-state index is -0.381. The van der Waals surface area contributed by atoms with E-state index in [1.165, 1.54) is 12.8 Å². The number of nitrogens with zero attached hydrogens (tertiary/aromatic N) is 4. The van der Waals surface area contributed by atoms with Crippen LogP contribution in [-0.2, 0) is 18.9 Å². The molecule has 4 rings (SSSR count). The quantitative estimate of drug-likeness (QED) is 0.203. The topological polar surface area (TPSA) is 134 Å². The Kier molecular flexibility index (Phi) is 9.10. The summed E-state index contributed by atoms with van der Waals surface area (Å²) in [6.45, 7) is 7.72. The Labute approximate surface area is 233 Å². The van der Waals surface area contributed by atoms with Gasteiger partial charge in [-0.25, -0.2) is 0 Å². The van der Waals surface area contributed by atoms with E-state index in [0.29, 0.717) is 47.1 Å². The predicted molar refractivity (Wildman–Crippen MR) is 154 cm³/mol. The molecule has 0 aromatic carbocycles. The molecule has 1 saturated heterocycles. The van der Waals surface area contributed by atoms with Gasteiger partial charge in [-0.05, 0) is 70.9 Å². The van der Waals surface area contributed by atoms with Gasteiger partial charge in [0.25, 0.3) is 17.7 Å². The highest BCUT2D eigenvalue weighted by Crippen LogP contribution is 2.23. The first-order valence-corrected chi connectivity index (χ1v) is 13.5. The number of nitrogens with one attached hydrogen (secondary N) is 4. The summed E-state index contributed by atoms with van der Waals surface area (Å²) in [7, 11) is 3.46. The second kappa shape index (κ2) is 12.7. The molecule has 0 saturated carbocycles. The van der Waals surface area contributed by atoms with Crippen LogP contribution >= 0.6 is 0 Å². The molecule has 0 bridgehead atoms. The normalized spacial score (nSPS) is 13.4. The molecule has 3 aromatic heterocycles. The molecular weight excluding hydrogens is 512 g/mol. The van der Waals surface area contributed by atoms with Crippen LogP contribution in [0.5, 0.6) is 0 Å². The van der Waals surface area contributed by atoms with Crippen molar-refractivity contribution in [2.75, 3.05) is 42.1 Å². The Balaban J connectivity index is 1.39. The van der Waals surface area contributed by atoms with Crippen LogP contribution < -0.4 is 21.3 Å². The number of aromatic nitrogens is 3. The molecule has 214 valence electrons. The smallest absolute Gasteiger partial charge is 0.272 e. The van der Waals surface area contributed by atoms with Crippen LogP contribution in [0.1, 0.15) is 70.6 Å². The molecule has 1 fully saturated rings. The second-order valence-electron chi connectivity index (χ2n) is 10.4. The molecule has 0 aliphatic carbocycles. The van der Waals surface area contributed by atoms with Gasteiger partial charge in [0.2, 0.25) is 6.41 Å². The zero-order valence-electron chi connectivity index (χ0n) is 23.5. The van der Waals surface area contributed by atoms with Crippen LogP contribution in [0, 0.1) is 0 Å². The van der Waals surface area contributed by atoms with Gasteiger partial charge in [0, 0.05) is 45.3 Å². The van der Waals surface area contributed by atoms with Gasteiger partial charge >= 0.3 is 0 Å². The fraction of sp³-hybridized carbons (Fsp3) is 0.429. The van der Waals surface area contributed by atoms with Gasteiger partial charge in [0.05, 0.1) is 17.1 Å². The summed E-state index contributed by atoms with van der Waals surface area (Å²) in [5.41, 5.74) is 2.61. The molecule has 40 heavy (non-hydrogen) atoms. The number of rotatable bonds is 12. The van der Waals surface area contributed by atoms with E-state index in [9.17, 15) is 19.2 Å². The molecule has 3 aromatic rings. The monoisotopic (exact) mass is 550 g/mol. The number of aryl methyl sites for hydroxylation is 2. The summed E-state index contributed by atoms with van der Waals surface area (Å²) in [6.07, 6.45) is 8.97. The van der Waals surface area contributed by atoms with Gasteiger partial charge in [0.15, 0.2) is 0 Å². The minimum Gasteiger partial charge on any atom is -0.351 e. The Morgan fingerprint density at radius 1 is 0.825 bits per heavy atom. The lowest BCUT2D eigenvalue weighted by Gasteiger charge is -2.14. The number of amides is 4. The molecule has 12 nitrogen and oxygen atoms in total. The molecule has 0 radical (unpaired) electrons. The van der Waals surface area contributed by atoms with Gasteiger partial charge in [-0.3, -0.25) is 19.2 Å². The van der Waals surface area contributed by atoms with Crippen molar-refractivity contribution in [2.24, 2.45) is 14.1 Å². The van der Waals surface area contributed by atoms with E-state index >= 15 is 0 Å². The van der Waals surface area contributed by atoms with E-state index in [1.807, 2.05) is 13.8 Å². The zero-order chi connectivity index (χ0) is 28.8. The summed E-state index contributed by atoms with van der Waals surface area (Å²) in [6, 6.07) is 4.77. The SMILES string of the molecule is CC(C)n1cc(NC(=O)c2cc(NC=O)cn2C)cc1C(=O)Nc1cc(C(=O)NCCCN2CCCC2)n(C)c1. The van der Waals surface area contributed by atoms with Crippen molar-refractivity contribution in [2.45, 2.75) is 39.2 Å². The standard InChI is InChI=1S/C28H38N8O4/c1-19(2)36-17-22(32-27(39)24-12-20(30-18-37)15-33(24)3)14-25(36)28(40)31-21-13-23(34(4)16-21)26(38)29-8-7-11-35-9-5-6-10-35/h12-19H,5-11H2,1-4H3,(H,29,38)(H,30,37)(H,31,40)(H,32,39). The van der Waals surface area contributed by atoms with Crippen LogP contribution in [0.4, 0.5) is 17.1 Å². The summed E-state index contributed by atoms with van der Waals surface area (Å²) in [5, 5.41) is 11.2. The van der Waals surface area contributed by atoms with Crippen molar-refractivity contribution in [3.8, 4) is 0 Å². The summed E-state index contributed by atoms with van der Waals surface area (Å²) in [5.74, 6) is -0.936. The lowest BCUT2D eigenvalue weighted by Crippen LogP contribution is -2.29. The van der Waals surface area contributed by atoms with E-state index in [2.05, 4.69) is 26.2 Å². The van der Waals surface area contributed by atoms with Crippen molar-refractivity contribution in [1.82, 2.24) is 23.9 Å². The third-order valence-corrected chi connectivity index (χ3v) is 6.99. The largest absolute Gasteiger partial charge is 0.351 e. The molecule has 0 atom stereocenters. The maximum atomic E-state index is 13.3. The molecule has 12 heteroatoms. The van der Waals surface area contributed by atoms with Crippen LogP contribution in [0.3, 0.4) is 0 Å². The lowest BCUT2D eigenvalue weighted by molar-refractivity contribution is -0.105. The van der Waals surface area contributed by atoms with E-state index < -0.39 is 0 Å². The van der Waals surface area contributed by atoms with Gasteiger partial charge in [-0.15, -0.1) is 0 Å². The van der Waals surface area contributed by atoms with Crippen molar-refractivity contribution in [3.05, 3.63) is 53.9 Å². The van der Waals surface area contributed by atoms with Crippen LogP contribution in [-0.4, -0.2) is 68.9 Å². The maximum Gasteiger partial charge on any atom is 0.272 e. The van der Waals surface area contributed by atoms with Gasteiger partial charge in [0.1, 0.15) is 17.1 Å². The predicted octanol–water partition coefficient (Wildman–Crippen LogP) is 3.03. The number of carbonyl (C=O) groups excluding carboxylic acids is 4. The van der Waals surface area contributed by atoms with Crippen LogP contribution in [0.2, 0.25) is 0 Å². The van der Waals surface area contributed by atoms with Crippen LogP contribution in [0.15, 0.2) is 36.8 Å². The fourth-order valence-corrected chi connectivity index (χ4v) is 4.94. The van der Waals surface area contributed by atoms with Crippen molar-refractivity contribution >= 4 is 41.2 Å². The Morgan fingerprint density at radius 3 is 2.02 bits per heavy atom. The average molecular weight is 551 g/mol. The molecule has 4 amide bonds. The average Bonchev–Trinajstić information content (AvgIpc) is 3.69. The Hall–Kier alpha value is -4.32. The molecule has 1 aliphatic heterocycles. The third-order valence-electron chi connectivity index (χ3n) is 6.99. The lowest BCUT2D eigenvalue weighted by atomic mass is 10.3. The highest BCUT2D eigenvalue weighted by atomic mass is 16.2. The number of carbonyl (C=O) groups is 4. The highest BCUT2D eigenvalue weighted by molar-refractivity contribution is 6.07. The van der Waals surface area contributed by atoms with E-state index in [4.69, 9.17) is 0 Å². The zero-order valence-corrected chi connectivity index (χ0v) is 23.5. The Bertz CT molecular complexity index is 1380. The maximum absolute atomic E-state index is 13.3. The van der Waals surface area contributed by atoms with E-state index in [1.54, 1.807) is 64.6 Å². The second-order valence-corrected chi connectivity index (χ2v) is 10.4.